The molecular weight excluding hydrogens is 278 g/mol. The van der Waals surface area contributed by atoms with E-state index in [1.165, 1.54) is 0 Å². The fourth-order valence-corrected chi connectivity index (χ4v) is 1.92. The summed E-state index contributed by atoms with van der Waals surface area (Å²) in [5.74, 6) is 1.31. The second-order valence-corrected chi connectivity index (χ2v) is 4.56. The largest absolute Gasteiger partial charge is 0.399 e. The Balaban J connectivity index is 2.04. The third-order valence-electron chi connectivity index (χ3n) is 2.65. The van der Waals surface area contributed by atoms with E-state index in [4.69, 9.17) is 21.9 Å². The van der Waals surface area contributed by atoms with Gasteiger partial charge in [0, 0.05) is 11.9 Å². The van der Waals surface area contributed by atoms with Crippen LogP contribution in [0.2, 0.25) is 5.02 Å². The number of aromatic nitrogens is 4. The SMILES string of the molecule is Cc1nccc(-c2noc(-c3cc(N)ccc3Cl)n2)n1. The molecule has 0 aliphatic carbocycles. The number of rotatable bonds is 2. The van der Waals surface area contributed by atoms with Crippen LogP contribution in [0.1, 0.15) is 5.82 Å². The molecule has 2 N–H and O–H groups in total. The predicted octanol–water partition coefficient (Wildman–Crippen LogP) is 2.74. The van der Waals surface area contributed by atoms with Gasteiger partial charge in [0.1, 0.15) is 11.5 Å². The monoisotopic (exact) mass is 287 g/mol. The topological polar surface area (TPSA) is 90.7 Å². The molecule has 2 aromatic heterocycles. The van der Waals surface area contributed by atoms with E-state index in [0.29, 0.717) is 39.5 Å². The Hall–Kier alpha value is -2.47. The third kappa shape index (κ3) is 2.33. The van der Waals surface area contributed by atoms with Crippen molar-refractivity contribution in [2.75, 3.05) is 5.73 Å². The van der Waals surface area contributed by atoms with Crippen molar-refractivity contribution in [3.8, 4) is 23.0 Å². The van der Waals surface area contributed by atoms with Gasteiger partial charge < -0.3 is 10.3 Å². The summed E-state index contributed by atoms with van der Waals surface area (Å²) < 4.78 is 5.22. The molecular formula is C13H10ClN5O. The molecule has 100 valence electrons. The quantitative estimate of drug-likeness (QED) is 0.729. The van der Waals surface area contributed by atoms with E-state index in [9.17, 15) is 0 Å². The minimum Gasteiger partial charge on any atom is -0.399 e. The van der Waals surface area contributed by atoms with E-state index < -0.39 is 0 Å². The first-order valence-corrected chi connectivity index (χ1v) is 6.20. The average Bonchev–Trinajstić information content (AvgIpc) is 2.91. The summed E-state index contributed by atoms with van der Waals surface area (Å²) in [7, 11) is 0. The number of benzene rings is 1. The van der Waals surface area contributed by atoms with Crippen LogP contribution in [0, 0.1) is 6.92 Å². The molecule has 20 heavy (non-hydrogen) atoms. The maximum atomic E-state index is 6.10. The third-order valence-corrected chi connectivity index (χ3v) is 2.98. The van der Waals surface area contributed by atoms with Gasteiger partial charge >= 0.3 is 0 Å². The zero-order chi connectivity index (χ0) is 14.1. The van der Waals surface area contributed by atoms with E-state index in [2.05, 4.69) is 20.1 Å². The fraction of sp³-hybridized carbons (Fsp3) is 0.0769. The summed E-state index contributed by atoms with van der Waals surface area (Å²) in [5, 5.41) is 4.39. The van der Waals surface area contributed by atoms with Crippen molar-refractivity contribution < 1.29 is 4.52 Å². The van der Waals surface area contributed by atoms with Gasteiger partial charge in [0.25, 0.3) is 5.89 Å². The zero-order valence-electron chi connectivity index (χ0n) is 10.5. The lowest BCUT2D eigenvalue weighted by Crippen LogP contribution is -1.91. The van der Waals surface area contributed by atoms with Crippen LogP contribution in [-0.4, -0.2) is 20.1 Å². The lowest BCUT2D eigenvalue weighted by atomic mass is 10.2. The first-order valence-electron chi connectivity index (χ1n) is 5.82. The Labute approximate surface area is 119 Å². The van der Waals surface area contributed by atoms with Crippen molar-refractivity contribution >= 4 is 17.3 Å². The molecule has 3 aromatic rings. The van der Waals surface area contributed by atoms with Crippen LogP contribution in [0.5, 0.6) is 0 Å². The van der Waals surface area contributed by atoms with Gasteiger partial charge in [-0.05, 0) is 31.2 Å². The molecule has 6 nitrogen and oxygen atoms in total. The number of nitrogens with zero attached hydrogens (tertiary/aromatic N) is 4. The van der Waals surface area contributed by atoms with Crippen molar-refractivity contribution in [3.63, 3.8) is 0 Å². The van der Waals surface area contributed by atoms with Crippen LogP contribution in [0.15, 0.2) is 35.0 Å². The van der Waals surface area contributed by atoms with E-state index in [0.717, 1.165) is 0 Å². The molecule has 1 aromatic carbocycles. The molecule has 2 heterocycles. The van der Waals surface area contributed by atoms with Crippen LogP contribution in [0.3, 0.4) is 0 Å². The Morgan fingerprint density at radius 3 is 2.85 bits per heavy atom. The number of hydrogen-bond donors (Lipinski definition) is 1. The summed E-state index contributed by atoms with van der Waals surface area (Å²) in [4.78, 5) is 12.5. The molecule has 0 aliphatic heterocycles. The maximum absolute atomic E-state index is 6.10. The van der Waals surface area contributed by atoms with Gasteiger partial charge in [-0.15, -0.1) is 0 Å². The Morgan fingerprint density at radius 2 is 2.05 bits per heavy atom. The standard InChI is InChI=1S/C13H10ClN5O/c1-7-16-5-4-11(17-7)12-18-13(20-19-12)9-6-8(15)2-3-10(9)14/h2-6H,15H2,1H3. The highest BCUT2D eigenvalue weighted by atomic mass is 35.5. The normalized spacial score (nSPS) is 10.7. The second-order valence-electron chi connectivity index (χ2n) is 4.15. The van der Waals surface area contributed by atoms with Crippen molar-refractivity contribution in [2.45, 2.75) is 6.92 Å². The molecule has 7 heteroatoms. The van der Waals surface area contributed by atoms with Gasteiger partial charge in [0.2, 0.25) is 5.82 Å². The smallest absolute Gasteiger partial charge is 0.259 e. The maximum Gasteiger partial charge on any atom is 0.259 e. The minimum atomic E-state index is 0.300. The molecule has 0 unspecified atom stereocenters. The van der Waals surface area contributed by atoms with Crippen molar-refractivity contribution in [2.24, 2.45) is 0 Å². The Kier molecular flexibility index (Phi) is 3.08. The summed E-state index contributed by atoms with van der Waals surface area (Å²) in [6.45, 7) is 1.79. The van der Waals surface area contributed by atoms with Crippen LogP contribution in [0.25, 0.3) is 23.0 Å². The van der Waals surface area contributed by atoms with Crippen molar-refractivity contribution in [3.05, 3.63) is 41.3 Å². The molecule has 0 fully saturated rings. The molecule has 0 spiro atoms. The Morgan fingerprint density at radius 1 is 1.20 bits per heavy atom. The summed E-state index contributed by atoms with van der Waals surface area (Å²) in [5.41, 5.74) is 7.49. The molecule has 0 radical (unpaired) electrons. The van der Waals surface area contributed by atoms with Crippen LogP contribution in [-0.2, 0) is 0 Å². The van der Waals surface area contributed by atoms with Gasteiger partial charge in [-0.2, -0.15) is 4.98 Å². The molecule has 0 saturated carbocycles. The van der Waals surface area contributed by atoms with Gasteiger partial charge in [0.05, 0.1) is 10.6 Å². The predicted molar refractivity (Wildman–Crippen MR) is 74.9 cm³/mol. The first kappa shape index (κ1) is 12.6. The second kappa shape index (κ2) is 4.90. The van der Waals surface area contributed by atoms with Gasteiger partial charge in [-0.25, -0.2) is 9.97 Å². The first-order chi connectivity index (χ1) is 9.63. The van der Waals surface area contributed by atoms with Crippen LogP contribution >= 0.6 is 11.6 Å². The van der Waals surface area contributed by atoms with Crippen molar-refractivity contribution in [1.82, 2.24) is 20.1 Å². The molecule has 0 aliphatic rings. The zero-order valence-corrected chi connectivity index (χ0v) is 11.3. The summed E-state index contributed by atoms with van der Waals surface area (Å²) in [6, 6.07) is 6.79. The number of nitrogens with two attached hydrogens (primary N) is 1. The molecule has 0 bridgehead atoms. The van der Waals surface area contributed by atoms with Crippen LogP contribution in [0.4, 0.5) is 5.69 Å². The molecule has 0 atom stereocenters. The minimum absolute atomic E-state index is 0.300. The average molecular weight is 288 g/mol. The van der Waals surface area contributed by atoms with Gasteiger partial charge in [-0.1, -0.05) is 16.8 Å². The van der Waals surface area contributed by atoms with Crippen LogP contribution < -0.4 is 5.73 Å². The summed E-state index contributed by atoms with van der Waals surface area (Å²) >= 11 is 6.10. The number of aryl methyl sites for hydroxylation is 1. The number of halogens is 1. The van der Waals surface area contributed by atoms with Crippen molar-refractivity contribution in [1.29, 1.82) is 0 Å². The Bertz CT molecular complexity index is 771. The number of anilines is 1. The van der Waals surface area contributed by atoms with Gasteiger partial charge in [0.15, 0.2) is 0 Å². The van der Waals surface area contributed by atoms with E-state index >= 15 is 0 Å². The highest BCUT2D eigenvalue weighted by molar-refractivity contribution is 6.33. The van der Waals surface area contributed by atoms with E-state index in [1.54, 1.807) is 37.4 Å². The molecule has 0 amide bonds. The van der Waals surface area contributed by atoms with Gasteiger partial charge in [-0.3, -0.25) is 0 Å². The highest BCUT2D eigenvalue weighted by Gasteiger charge is 2.14. The van der Waals surface area contributed by atoms with E-state index in [1.807, 2.05) is 0 Å². The lowest BCUT2D eigenvalue weighted by molar-refractivity contribution is 0.432. The highest BCUT2D eigenvalue weighted by Crippen LogP contribution is 2.29. The fourth-order valence-electron chi connectivity index (χ4n) is 1.72. The van der Waals surface area contributed by atoms with E-state index in [-0.39, 0.29) is 0 Å². The molecule has 0 saturated heterocycles. The molecule has 3 rings (SSSR count). The number of hydrogen-bond acceptors (Lipinski definition) is 6. The number of nitrogen functional groups attached to an aromatic ring is 1. The lowest BCUT2D eigenvalue weighted by Gasteiger charge is -1.99. The summed E-state index contributed by atoms with van der Waals surface area (Å²) in [6.07, 6.45) is 1.64.